The minimum Gasteiger partial charge on any atom is -0.327 e. The molecule has 0 aliphatic heterocycles. The van der Waals surface area contributed by atoms with Gasteiger partial charge < -0.3 is 11.1 Å². The molecule has 2 nitrogen and oxygen atoms in total. The van der Waals surface area contributed by atoms with E-state index < -0.39 is 0 Å². The van der Waals surface area contributed by atoms with E-state index in [4.69, 9.17) is 5.73 Å². The second-order valence-electron chi connectivity index (χ2n) is 5.65. The molecule has 14 heavy (non-hydrogen) atoms. The van der Waals surface area contributed by atoms with Crippen molar-refractivity contribution in [1.29, 1.82) is 0 Å². The van der Waals surface area contributed by atoms with Crippen LogP contribution in [0.15, 0.2) is 0 Å². The van der Waals surface area contributed by atoms with Gasteiger partial charge in [-0.3, -0.25) is 0 Å². The summed E-state index contributed by atoms with van der Waals surface area (Å²) in [5, 5.41) is 3.61. The van der Waals surface area contributed by atoms with Gasteiger partial charge in [0.25, 0.3) is 0 Å². The van der Waals surface area contributed by atoms with E-state index in [1.807, 2.05) is 0 Å². The van der Waals surface area contributed by atoms with Gasteiger partial charge in [-0.15, -0.1) is 0 Å². The first-order valence-electron chi connectivity index (χ1n) is 6.16. The fourth-order valence-electron chi connectivity index (χ4n) is 2.44. The van der Waals surface area contributed by atoms with Crippen molar-refractivity contribution < 1.29 is 0 Å². The van der Waals surface area contributed by atoms with Crippen molar-refractivity contribution in [2.24, 2.45) is 17.1 Å². The third kappa shape index (κ3) is 2.71. The highest BCUT2D eigenvalue weighted by molar-refractivity contribution is 4.91. The first-order chi connectivity index (χ1) is 6.70. The van der Waals surface area contributed by atoms with Crippen LogP contribution in [0.1, 0.15) is 45.4 Å². The highest BCUT2D eigenvalue weighted by atomic mass is 14.9. The molecule has 2 heteroatoms. The maximum absolute atomic E-state index is 6.10. The van der Waals surface area contributed by atoms with E-state index in [0.717, 1.165) is 12.5 Å². The van der Waals surface area contributed by atoms with Gasteiger partial charge in [-0.1, -0.05) is 19.8 Å². The molecule has 0 aromatic heterocycles. The van der Waals surface area contributed by atoms with Crippen LogP contribution in [0.5, 0.6) is 0 Å². The molecule has 0 radical (unpaired) electrons. The lowest BCUT2D eigenvalue weighted by Gasteiger charge is -2.29. The summed E-state index contributed by atoms with van der Waals surface area (Å²) >= 11 is 0. The SMILES string of the molecule is CC1(CNCC2CCCCC2N)CC1. The fourth-order valence-corrected chi connectivity index (χ4v) is 2.44. The first kappa shape index (κ1) is 10.4. The van der Waals surface area contributed by atoms with Gasteiger partial charge in [0.05, 0.1) is 0 Å². The van der Waals surface area contributed by atoms with Crippen LogP contribution in [0, 0.1) is 11.3 Å². The highest BCUT2D eigenvalue weighted by Crippen LogP contribution is 2.44. The lowest BCUT2D eigenvalue weighted by Crippen LogP contribution is -2.40. The molecule has 2 aliphatic rings. The Hall–Kier alpha value is -0.0800. The van der Waals surface area contributed by atoms with Crippen LogP contribution in [0.25, 0.3) is 0 Å². The molecule has 0 spiro atoms. The molecule has 2 atom stereocenters. The topological polar surface area (TPSA) is 38.0 Å². The van der Waals surface area contributed by atoms with E-state index in [0.29, 0.717) is 11.5 Å². The Morgan fingerprint density at radius 3 is 2.64 bits per heavy atom. The van der Waals surface area contributed by atoms with Crippen LogP contribution >= 0.6 is 0 Å². The van der Waals surface area contributed by atoms with Crippen molar-refractivity contribution in [3.05, 3.63) is 0 Å². The average molecular weight is 196 g/mol. The number of hydrogen-bond donors (Lipinski definition) is 2. The molecule has 0 bridgehead atoms. The van der Waals surface area contributed by atoms with Crippen molar-refractivity contribution in [3.8, 4) is 0 Å². The van der Waals surface area contributed by atoms with Crippen LogP contribution < -0.4 is 11.1 Å². The van der Waals surface area contributed by atoms with Gasteiger partial charge in [0, 0.05) is 12.6 Å². The van der Waals surface area contributed by atoms with Gasteiger partial charge in [-0.05, 0) is 43.6 Å². The van der Waals surface area contributed by atoms with E-state index in [1.54, 1.807) is 0 Å². The molecule has 0 saturated heterocycles. The van der Waals surface area contributed by atoms with Gasteiger partial charge in [-0.2, -0.15) is 0 Å². The number of nitrogens with two attached hydrogens (primary N) is 1. The van der Waals surface area contributed by atoms with E-state index >= 15 is 0 Å². The molecular weight excluding hydrogens is 172 g/mol. The Labute approximate surface area is 87.6 Å². The Morgan fingerprint density at radius 1 is 1.29 bits per heavy atom. The minimum absolute atomic E-state index is 0.461. The van der Waals surface area contributed by atoms with E-state index in [2.05, 4.69) is 12.2 Å². The number of hydrogen-bond acceptors (Lipinski definition) is 2. The Kier molecular flexibility index (Phi) is 3.13. The third-order valence-corrected chi connectivity index (χ3v) is 4.03. The van der Waals surface area contributed by atoms with Crippen molar-refractivity contribution in [1.82, 2.24) is 5.32 Å². The van der Waals surface area contributed by atoms with Gasteiger partial charge in [0.2, 0.25) is 0 Å². The zero-order valence-corrected chi connectivity index (χ0v) is 9.39. The molecule has 2 fully saturated rings. The zero-order valence-electron chi connectivity index (χ0n) is 9.39. The predicted octanol–water partition coefficient (Wildman–Crippen LogP) is 1.89. The Morgan fingerprint density at radius 2 is 2.00 bits per heavy atom. The van der Waals surface area contributed by atoms with Crippen molar-refractivity contribution in [2.75, 3.05) is 13.1 Å². The van der Waals surface area contributed by atoms with E-state index in [-0.39, 0.29) is 0 Å². The Bertz CT molecular complexity index is 187. The summed E-state index contributed by atoms with van der Waals surface area (Å²) in [7, 11) is 0. The quantitative estimate of drug-likeness (QED) is 0.720. The van der Waals surface area contributed by atoms with Crippen LogP contribution in [-0.4, -0.2) is 19.1 Å². The van der Waals surface area contributed by atoms with E-state index in [1.165, 1.54) is 45.1 Å². The highest BCUT2D eigenvalue weighted by Gasteiger charge is 2.36. The summed E-state index contributed by atoms with van der Waals surface area (Å²) in [4.78, 5) is 0. The summed E-state index contributed by atoms with van der Waals surface area (Å²) < 4.78 is 0. The molecule has 0 aromatic carbocycles. The number of rotatable bonds is 4. The Balaban J connectivity index is 1.63. The van der Waals surface area contributed by atoms with Crippen LogP contribution in [-0.2, 0) is 0 Å². The second kappa shape index (κ2) is 4.19. The lowest BCUT2D eigenvalue weighted by molar-refractivity contribution is 0.290. The summed E-state index contributed by atoms with van der Waals surface area (Å²) in [5.41, 5.74) is 6.74. The van der Waals surface area contributed by atoms with Crippen LogP contribution in [0.2, 0.25) is 0 Å². The summed E-state index contributed by atoms with van der Waals surface area (Å²) in [6, 6.07) is 0.461. The smallest absolute Gasteiger partial charge is 0.00792 e. The zero-order chi connectivity index (χ0) is 10.0. The molecule has 0 amide bonds. The molecule has 2 saturated carbocycles. The van der Waals surface area contributed by atoms with Gasteiger partial charge in [0.1, 0.15) is 0 Å². The molecular formula is C12H24N2. The normalized spacial score (nSPS) is 35.6. The van der Waals surface area contributed by atoms with E-state index in [9.17, 15) is 0 Å². The largest absolute Gasteiger partial charge is 0.327 e. The van der Waals surface area contributed by atoms with Crippen molar-refractivity contribution in [2.45, 2.75) is 51.5 Å². The fraction of sp³-hybridized carbons (Fsp3) is 1.00. The summed E-state index contributed by atoms with van der Waals surface area (Å²) in [5.74, 6) is 0.742. The molecule has 2 unspecified atom stereocenters. The minimum atomic E-state index is 0.461. The lowest BCUT2D eigenvalue weighted by atomic mass is 9.85. The average Bonchev–Trinajstić information content (AvgIpc) is 2.88. The predicted molar refractivity (Wildman–Crippen MR) is 60.1 cm³/mol. The van der Waals surface area contributed by atoms with Crippen molar-refractivity contribution >= 4 is 0 Å². The molecule has 2 aliphatic carbocycles. The third-order valence-electron chi connectivity index (χ3n) is 4.03. The molecule has 3 N–H and O–H groups in total. The maximum atomic E-state index is 6.10. The second-order valence-corrected chi connectivity index (χ2v) is 5.65. The summed E-state index contributed by atoms with van der Waals surface area (Å²) in [6.07, 6.45) is 8.13. The molecule has 0 aromatic rings. The van der Waals surface area contributed by atoms with Crippen LogP contribution in [0.4, 0.5) is 0 Å². The van der Waals surface area contributed by atoms with Gasteiger partial charge >= 0.3 is 0 Å². The standard InChI is InChI=1S/C12H24N2/c1-12(6-7-12)9-14-8-10-4-2-3-5-11(10)13/h10-11,14H,2-9,13H2,1H3. The monoisotopic (exact) mass is 196 g/mol. The number of nitrogens with one attached hydrogen (secondary N) is 1. The van der Waals surface area contributed by atoms with Gasteiger partial charge in [-0.25, -0.2) is 0 Å². The van der Waals surface area contributed by atoms with Crippen LogP contribution in [0.3, 0.4) is 0 Å². The molecule has 2 rings (SSSR count). The van der Waals surface area contributed by atoms with Crippen molar-refractivity contribution in [3.63, 3.8) is 0 Å². The molecule has 0 heterocycles. The summed E-state index contributed by atoms with van der Waals surface area (Å²) in [6.45, 7) is 4.73. The first-order valence-corrected chi connectivity index (χ1v) is 6.16. The maximum Gasteiger partial charge on any atom is 0.00792 e. The molecule has 82 valence electrons. The van der Waals surface area contributed by atoms with Gasteiger partial charge in [0.15, 0.2) is 0 Å².